The van der Waals surface area contributed by atoms with Gasteiger partial charge in [-0.3, -0.25) is 5.43 Å². The number of hydrogen-bond acceptors (Lipinski definition) is 4. The number of ether oxygens (including phenoxy) is 1. The van der Waals surface area contributed by atoms with Crippen LogP contribution in [0.15, 0.2) is 0 Å². The Morgan fingerprint density at radius 2 is 2.00 bits per heavy atom. The maximum absolute atomic E-state index is 10.0. The summed E-state index contributed by atoms with van der Waals surface area (Å²) in [6.45, 7) is 9.87. The summed E-state index contributed by atoms with van der Waals surface area (Å²) in [5, 5.41) is 12.1. The Bertz CT molecular complexity index is 166. The first-order chi connectivity index (χ1) is 6.52. The van der Waals surface area contributed by atoms with Gasteiger partial charge in [0, 0.05) is 19.6 Å². The summed E-state index contributed by atoms with van der Waals surface area (Å²) < 4.78 is 5.23. The molecule has 0 aromatic heterocycles. The van der Waals surface area contributed by atoms with Crippen molar-refractivity contribution in [2.75, 3.05) is 32.8 Å². The van der Waals surface area contributed by atoms with Gasteiger partial charge in [-0.2, -0.15) is 0 Å². The Hall–Kier alpha value is -0.160. The van der Waals surface area contributed by atoms with Crippen LogP contribution in [-0.2, 0) is 4.74 Å². The Labute approximate surface area is 86.2 Å². The molecule has 1 aliphatic rings. The minimum Gasteiger partial charge on any atom is -0.389 e. The van der Waals surface area contributed by atoms with E-state index < -0.39 is 5.60 Å². The van der Waals surface area contributed by atoms with E-state index in [9.17, 15) is 5.11 Å². The van der Waals surface area contributed by atoms with E-state index in [4.69, 9.17) is 4.74 Å². The van der Waals surface area contributed by atoms with Crippen molar-refractivity contribution in [1.29, 1.82) is 0 Å². The first-order valence-electron chi connectivity index (χ1n) is 5.31. The molecule has 0 amide bonds. The molecule has 1 fully saturated rings. The lowest BCUT2D eigenvalue weighted by Crippen LogP contribution is -2.52. The molecule has 84 valence electrons. The Morgan fingerprint density at radius 1 is 1.43 bits per heavy atom. The van der Waals surface area contributed by atoms with Crippen molar-refractivity contribution in [2.45, 2.75) is 26.4 Å². The molecule has 0 aliphatic carbocycles. The van der Waals surface area contributed by atoms with Crippen LogP contribution in [0.2, 0.25) is 0 Å². The number of nitrogens with zero attached hydrogens (tertiary/aromatic N) is 1. The van der Waals surface area contributed by atoms with E-state index >= 15 is 0 Å². The van der Waals surface area contributed by atoms with E-state index in [0.717, 1.165) is 26.3 Å². The summed E-state index contributed by atoms with van der Waals surface area (Å²) in [7, 11) is 0. The van der Waals surface area contributed by atoms with E-state index in [1.165, 1.54) is 0 Å². The van der Waals surface area contributed by atoms with Crippen LogP contribution in [0.5, 0.6) is 0 Å². The van der Waals surface area contributed by atoms with E-state index in [2.05, 4.69) is 10.4 Å². The molecule has 1 heterocycles. The minimum absolute atomic E-state index is 0.260. The molecule has 1 atom stereocenters. The van der Waals surface area contributed by atoms with Crippen LogP contribution in [-0.4, -0.2) is 48.6 Å². The summed E-state index contributed by atoms with van der Waals surface area (Å²) >= 11 is 0. The fourth-order valence-electron chi connectivity index (χ4n) is 1.20. The number of hydrazine groups is 1. The quantitative estimate of drug-likeness (QED) is 0.685. The predicted octanol–water partition coefficient (Wildman–Crippen LogP) is 0.230. The zero-order chi connectivity index (χ0) is 10.6. The molecule has 4 nitrogen and oxygen atoms in total. The predicted molar refractivity (Wildman–Crippen MR) is 55.9 cm³/mol. The summed E-state index contributed by atoms with van der Waals surface area (Å²) in [5.74, 6) is 0.260. The van der Waals surface area contributed by atoms with Crippen LogP contribution < -0.4 is 5.43 Å². The van der Waals surface area contributed by atoms with Gasteiger partial charge < -0.3 is 9.84 Å². The summed E-state index contributed by atoms with van der Waals surface area (Å²) in [6, 6.07) is 0. The highest BCUT2D eigenvalue weighted by Gasteiger charge is 2.25. The van der Waals surface area contributed by atoms with Crippen LogP contribution in [0, 0.1) is 5.92 Å². The van der Waals surface area contributed by atoms with E-state index in [-0.39, 0.29) is 5.92 Å². The number of morpholine rings is 1. The van der Waals surface area contributed by atoms with Gasteiger partial charge in [-0.1, -0.05) is 13.8 Å². The lowest BCUT2D eigenvalue weighted by molar-refractivity contribution is -0.0324. The second-order valence-corrected chi connectivity index (χ2v) is 4.45. The zero-order valence-corrected chi connectivity index (χ0v) is 9.42. The molecular weight excluding hydrogens is 180 g/mol. The molecule has 14 heavy (non-hydrogen) atoms. The lowest BCUT2D eigenvalue weighted by atomic mass is 9.93. The first-order valence-corrected chi connectivity index (χ1v) is 5.31. The first kappa shape index (κ1) is 11.9. The molecule has 1 saturated heterocycles. The van der Waals surface area contributed by atoms with Gasteiger partial charge in [-0.05, 0) is 12.8 Å². The largest absolute Gasteiger partial charge is 0.389 e. The number of nitrogens with one attached hydrogen (secondary N) is 1. The molecule has 1 rings (SSSR count). The Morgan fingerprint density at radius 3 is 2.50 bits per heavy atom. The third kappa shape index (κ3) is 3.53. The SMILES string of the molecule is CC(C)C(C)(O)CNN1CCOCC1. The van der Waals surface area contributed by atoms with Crippen molar-refractivity contribution < 1.29 is 9.84 Å². The molecule has 0 bridgehead atoms. The van der Waals surface area contributed by atoms with Crippen molar-refractivity contribution in [3.05, 3.63) is 0 Å². The minimum atomic E-state index is -0.641. The highest BCUT2D eigenvalue weighted by Crippen LogP contribution is 2.14. The monoisotopic (exact) mass is 202 g/mol. The van der Waals surface area contributed by atoms with Gasteiger partial charge in [0.15, 0.2) is 0 Å². The number of hydrogen-bond donors (Lipinski definition) is 2. The van der Waals surface area contributed by atoms with Crippen LogP contribution in [0.4, 0.5) is 0 Å². The highest BCUT2D eigenvalue weighted by molar-refractivity contribution is 4.78. The molecule has 0 saturated carbocycles. The third-order valence-corrected chi connectivity index (χ3v) is 2.92. The maximum atomic E-state index is 10.0. The van der Waals surface area contributed by atoms with Gasteiger partial charge in [0.05, 0.1) is 18.8 Å². The summed E-state index contributed by atoms with van der Waals surface area (Å²) in [6.07, 6.45) is 0. The van der Waals surface area contributed by atoms with Gasteiger partial charge in [-0.25, -0.2) is 5.01 Å². The average Bonchev–Trinajstić information content (AvgIpc) is 2.16. The van der Waals surface area contributed by atoms with Gasteiger partial charge in [0.2, 0.25) is 0 Å². The maximum Gasteiger partial charge on any atom is 0.0780 e. The van der Waals surface area contributed by atoms with Gasteiger partial charge in [-0.15, -0.1) is 0 Å². The molecule has 1 aliphatic heterocycles. The van der Waals surface area contributed by atoms with Gasteiger partial charge in [0.25, 0.3) is 0 Å². The Balaban J connectivity index is 2.24. The molecule has 0 aromatic rings. The molecule has 0 spiro atoms. The van der Waals surface area contributed by atoms with Crippen molar-refractivity contribution in [2.24, 2.45) is 5.92 Å². The highest BCUT2D eigenvalue weighted by atomic mass is 16.5. The van der Waals surface area contributed by atoms with Crippen LogP contribution in [0.1, 0.15) is 20.8 Å². The van der Waals surface area contributed by atoms with Crippen molar-refractivity contribution in [1.82, 2.24) is 10.4 Å². The second-order valence-electron chi connectivity index (χ2n) is 4.45. The van der Waals surface area contributed by atoms with Gasteiger partial charge in [0.1, 0.15) is 0 Å². The second kappa shape index (κ2) is 5.07. The van der Waals surface area contributed by atoms with E-state index in [1.54, 1.807) is 0 Å². The fraction of sp³-hybridized carbons (Fsp3) is 1.00. The molecule has 1 unspecified atom stereocenters. The van der Waals surface area contributed by atoms with Crippen molar-refractivity contribution in [3.63, 3.8) is 0 Å². The van der Waals surface area contributed by atoms with E-state index in [0.29, 0.717) is 6.54 Å². The number of aliphatic hydroxyl groups is 1. The third-order valence-electron chi connectivity index (χ3n) is 2.92. The van der Waals surface area contributed by atoms with Gasteiger partial charge >= 0.3 is 0 Å². The van der Waals surface area contributed by atoms with Crippen molar-refractivity contribution in [3.8, 4) is 0 Å². The molecule has 4 heteroatoms. The fourth-order valence-corrected chi connectivity index (χ4v) is 1.20. The average molecular weight is 202 g/mol. The van der Waals surface area contributed by atoms with Crippen LogP contribution in [0.25, 0.3) is 0 Å². The molecular formula is C10H22N2O2. The standard InChI is InChI=1S/C10H22N2O2/c1-9(2)10(3,13)8-11-12-4-6-14-7-5-12/h9,11,13H,4-8H2,1-3H3. The van der Waals surface area contributed by atoms with E-state index in [1.807, 2.05) is 20.8 Å². The smallest absolute Gasteiger partial charge is 0.0780 e. The summed E-state index contributed by atoms with van der Waals surface area (Å²) in [4.78, 5) is 0. The normalized spacial score (nSPS) is 23.8. The number of rotatable bonds is 4. The molecule has 2 N–H and O–H groups in total. The Kier molecular flexibility index (Phi) is 4.31. The molecule has 0 aromatic carbocycles. The van der Waals surface area contributed by atoms with Crippen LogP contribution in [0.3, 0.4) is 0 Å². The van der Waals surface area contributed by atoms with Crippen molar-refractivity contribution >= 4 is 0 Å². The zero-order valence-electron chi connectivity index (χ0n) is 9.42. The molecule has 0 radical (unpaired) electrons. The lowest BCUT2D eigenvalue weighted by Gasteiger charge is -2.33. The summed E-state index contributed by atoms with van der Waals surface area (Å²) in [5.41, 5.74) is 2.61. The van der Waals surface area contributed by atoms with Crippen LogP contribution >= 0.6 is 0 Å². The topological polar surface area (TPSA) is 44.7 Å².